The highest BCUT2D eigenvalue weighted by Crippen LogP contribution is 2.36. The van der Waals surface area contributed by atoms with Gasteiger partial charge in [0, 0.05) is 14.5 Å². The highest BCUT2D eigenvalue weighted by Gasteiger charge is 2.11. The van der Waals surface area contributed by atoms with E-state index in [0.717, 1.165) is 30.1 Å². The molecule has 0 aromatic heterocycles. The summed E-state index contributed by atoms with van der Waals surface area (Å²) in [5.74, 6) is 0.702. The number of halogens is 3. The van der Waals surface area contributed by atoms with Crippen molar-refractivity contribution < 1.29 is 4.74 Å². The Morgan fingerprint density at radius 3 is 2.29 bits per heavy atom. The summed E-state index contributed by atoms with van der Waals surface area (Å²) in [5.41, 5.74) is 4.55. The molecule has 0 radical (unpaired) electrons. The molecule has 0 aliphatic carbocycles. The Bertz CT molecular complexity index is 1050. The Morgan fingerprint density at radius 2 is 1.64 bits per heavy atom. The van der Waals surface area contributed by atoms with E-state index >= 15 is 0 Å². The molecule has 5 heteroatoms. The predicted molar refractivity (Wildman–Crippen MR) is 125 cm³/mol. The van der Waals surface area contributed by atoms with E-state index in [1.165, 1.54) is 5.56 Å². The highest BCUT2D eigenvalue weighted by atomic mass is 79.9. The highest BCUT2D eigenvalue weighted by molar-refractivity contribution is 9.11. The SMILES string of the molecule is Cc1ccc(COc2c(Br)cc(Br)cc2/C=C(\C#N)c2ccc(Br)cc2)cc1. The summed E-state index contributed by atoms with van der Waals surface area (Å²) in [5, 5.41) is 9.68. The van der Waals surface area contributed by atoms with Crippen molar-refractivity contribution in [2.75, 3.05) is 0 Å². The van der Waals surface area contributed by atoms with Gasteiger partial charge in [-0.15, -0.1) is 0 Å². The molecular formula is C23H16Br3NO. The number of rotatable bonds is 5. The zero-order valence-electron chi connectivity index (χ0n) is 15.0. The first-order chi connectivity index (χ1) is 13.5. The number of nitrogens with zero attached hydrogens (tertiary/aromatic N) is 1. The zero-order chi connectivity index (χ0) is 20.1. The number of hydrogen-bond donors (Lipinski definition) is 0. The summed E-state index contributed by atoms with van der Waals surface area (Å²) >= 11 is 10.5. The molecule has 0 unspecified atom stereocenters. The zero-order valence-corrected chi connectivity index (χ0v) is 19.8. The van der Waals surface area contributed by atoms with Crippen LogP contribution in [-0.2, 0) is 6.61 Å². The normalized spacial score (nSPS) is 11.2. The van der Waals surface area contributed by atoms with Gasteiger partial charge in [-0.3, -0.25) is 0 Å². The van der Waals surface area contributed by atoms with Crippen LogP contribution in [0.25, 0.3) is 11.6 Å². The van der Waals surface area contributed by atoms with Gasteiger partial charge in [-0.05, 0) is 64.3 Å². The van der Waals surface area contributed by atoms with Gasteiger partial charge in [-0.1, -0.05) is 73.8 Å². The lowest BCUT2D eigenvalue weighted by Crippen LogP contribution is -1.98. The number of nitriles is 1. The van der Waals surface area contributed by atoms with Crippen molar-refractivity contribution in [3.8, 4) is 11.8 Å². The lowest BCUT2D eigenvalue weighted by molar-refractivity contribution is 0.303. The average Bonchev–Trinajstić information content (AvgIpc) is 2.67. The fourth-order valence-electron chi connectivity index (χ4n) is 2.64. The lowest BCUT2D eigenvalue weighted by atomic mass is 10.0. The number of hydrogen-bond acceptors (Lipinski definition) is 2. The van der Waals surface area contributed by atoms with Gasteiger partial charge < -0.3 is 4.74 Å². The molecule has 0 aliphatic heterocycles. The van der Waals surface area contributed by atoms with Crippen molar-refractivity contribution in [3.05, 3.63) is 96.3 Å². The van der Waals surface area contributed by atoms with Crippen molar-refractivity contribution in [1.29, 1.82) is 5.26 Å². The fourth-order valence-corrected chi connectivity index (χ4v) is 4.28. The van der Waals surface area contributed by atoms with Crippen LogP contribution in [0, 0.1) is 18.3 Å². The maximum atomic E-state index is 9.68. The van der Waals surface area contributed by atoms with Gasteiger partial charge in [0.25, 0.3) is 0 Å². The van der Waals surface area contributed by atoms with Gasteiger partial charge in [0.15, 0.2) is 0 Å². The largest absolute Gasteiger partial charge is 0.487 e. The minimum atomic E-state index is 0.446. The number of aryl methyl sites for hydroxylation is 1. The first-order valence-corrected chi connectivity index (χ1v) is 10.9. The Kier molecular flexibility index (Phi) is 7.12. The van der Waals surface area contributed by atoms with Crippen LogP contribution in [0.1, 0.15) is 22.3 Å². The van der Waals surface area contributed by atoms with Crippen LogP contribution < -0.4 is 4.74 Å². The fraction of sp³-hybridized carbons (Fsp3) is 0.0870. The van der Waals surface area contributed by atoms with Crippen LogP contribution in [0.4, 0.5) is 0 Å². The molecule has 2 nitrogen and oxygen atoms in total. The first kappa shape index (κ1) is 20.9. The third kappa shape index (κ3) is 5.35. The molecule has 0 fully saturated rings. The molecule has 0 atom stereocenters. The van der Waals surface area contributed by atoms with E-state index in [2.05, 4.69) is 85.0 Å². The Hall–Kier alpha value is -1.87. The maximum Gasteiger partial charge on any atom is 0.141 e. The van der Waals surface area contributed by atoms with E-state index in [4.69, 9.17) is 4.74 Å². The second kappa shape index (κ2) is 9.56. The molecule has 0 bridgehead atoms. The van der Waals surface area contributed by atoms with Gasteiger partial charge in [-0.2, -0.15) is 5.26 Å². The van der Waals surface area contributed by atoms with Gasteiger partial charge >= 0.3 is 0 Å². The molecule has 140 valence electrons. The smallest absolute Gasteiger partial charge is 0.141 e. The van der Waals surface area contributed by atoms with Crippen molar-refractivity contribution in [1.82, 2.24) is 0 Å². The second-order valence-corrected chi connectivity index (χ2v) is 8.94. The summed E-state index contributed by atoms with van der Waals surface area (Å²) in [6.07, 6.45) is 1.85. The molecule has 3 aromatic carbocycles. The van der Waals surface area contributed by atoms with E-state index < -0.39 is 0 Å². The minimum absolute atomic E-state index is 0.446. The van der Waals surface area contributed by atoms with E-state index in [1.54, 1.807) is 0 Å². The quantitative estimate of drug-likeness (QED) is 0.234. The molecule has 0 spiro atoms. The van der Waals surface area contributed by atoms with Crippen LogP contribution >= 0.6 is 47.8 Å². The first-order valence-electron chi connectivity index (χ1n) is 8.51. The Balaban J connectivity index is 1.96. The number of ether oxygens (including phenoxy) is 1. The summed E-state index contributed by atoms with van der Waals surface area (Å²) in [6.45, 7) is 2.51. The van der Waals surface area contributed by atoms with Crippen molar-refractivity contribution in [2.24, 2.45) is 0 Å². The molecule has 28 heavy (non-hydrogen) atoms. The lowest BCUT2D eigenvalue weighted by Gasteiger charge is -2.13. The average molecular weight is 562 g/mol. The van der Waals surface area contributed by atoms with Gasteiger partial charge in [0.1, 0.15) is 12.4 Å². The van der Waals surface area contributed by atoms with Crippen LogP contribution in [0.2, 0.25) is 0 Å². The number of benzene rings is 3. The van der Waals surface area contributed by atoms with Crippen molar-refractivity contribution in [2.45, 2.75) is 13.5 Å². The second-order valence-electron chi connectivity index (χ2n) is 6.26. The van der Waals surface area contributed by atoms with E-state index in [9.17, 15) is 5.26 Å². The standard InChI is InChI=1S/C23H16Br3NO/c1-15-2-4-16(5-3-15)14-28-23-18(11-21(25)12-22(23)26)10-19(13-27)17-6-8-20(24)9-7-17/h2-12H,14H2,1H3/b19-10+. The molecule has 0 heterocycles. The van der Waals surface area contributed by atoms with Gasteiger partial charge in [-0.25, -0.2) is 0 Å². The molecule has 3 aromatic rings. The minimum Gasteiger partial charge on any atom is -0.487 e. The molecule has 0 saturated heterocycles. The van der Waals surface area contributed by atoms with E-state index in [0.29, 0.717) is 17.9 Å². The Morgan fingerprint density at radius 1 is 0.964 bits per heavy atom. The van der Waals surface area contributed by atoms with Gasteiger partial charge in [0.05, 0.1) is 16.1 Å². The third-order valence-corrected chi connectivity index (χ3v) is 5.69. The van der Waals surface area contributed by atoms with E-state index in [-0.39, 0.29) is 0 Å². The molecule has 0 aliphatic rings. The van der Waals surface area contributed by atoms with Gasteiger partial charge in [0.2, 0.25) is 0 Å². The summed E-state index contributed by atoms with van der Waals surface area (Å²) in [7, 11) is 0. The van der Waals surface area contributed by atoms with Crippen molar-refractivity contribution >= 4 is 59.4 Å². The van der Waals surface area contributed by atoms with E-state index in [1.807, 2.05) is 42.5 Å². The van der Waals surface area contributed by atoms with Crippen LogP contribution in [0.5, 0.6) is 5.75 Å². The predicted octanol–water partition coefficient (Wildman–Crippen LogP) is 7.93. The van der Waals surface area contributed by atoms with Crippen LogP contribution in [-0.4, -0.2) is 0 Å². The monoisotopic (exact) mass is 559 g/mol. The number of allylic oxidation sites excluding steroid dienone is 1. The topological polar surface area (TPSA) is 33.0 Å². The molecular weight excluding hydrogens is 546 g/mol. The summed E-state index contributed by atoms with van der Waals surface area (Å²) < 4.78 is 8.82. The molecule has 0 N–H and O–H groups in total. The van der Waals surface area contributed by atoms with Crippen LogP contribution in [0.15, 0.2) is 74.1 Å². The molecule has 3 rings (SSSR count). The third-order valence-electron chi connectivity index (χ3n) is 4.12. The summed E-state index contributed by atoms with van der Waals surface area (Å²) in [4.78, 5) is 0. The maximum absolute atomic E-state index is 9.68. The Labute approximate surface area is 190 Å². The molecule has 0 amide bonds. The van der Waals surface area contributed by atoms with Crippen LogP contribution in [0.3, 0.4) is 0 Å². The molecule has 0 saturated carbocycles. The summed E-state index contributed by atoms with van der Waals surface area (Å²) in [6, 6.07) is 22.1. The van der Waals surface area contributed by atoms with Crippen molar-refractivity contribution in [3.63, 3.8) is 0 Å².